The molecule has 3 atom stereocenters. The molecule has 0 aliphatic heterocycles. The van der Waals surface area contributed by atoms with Gasteiger partial charge in [0.2, 0.25) is 0 Å². The van der Waals surface area contributed by atoms with E-state index in [4.69, 9.17) is 0 Å². The van der Waals surface area contributed by atoms with E-state index < -0.39 is 0 Å². The van der Waals surface area contributed by atoms with Crippen LogP contribution >= 0.6 is 0 Å². The Labute approximate surface area is 114 Å². The molecule has 0 saturated heterocycles. The van der Waals surface area contributed by atoms with E-state index in [1.165, 1.54) is 25.0 Å². The first kappa shape index (κ1) is 14.0. The van der Waals surface area contributed by atoms with Crippen molar-refractivity contribution in [2.45, 2.75) is 51.1 Å². The molecule has 0 amide bonds. The van der Waals surface area contributed by atoms with Crippen LogP contribution in [0, 0.1) is 23.1 Å². The maximum atomic E-state index is 12.9. The van der Waals surface area contributed by atoms with E-state index in [1.807, 2.05) is 12.1 Å². The second kappa shape index (κ2) is 6.68. The predicted molar refractivity (Wildman–Crippen MR) is 73.9 cm³/mol. The fourth-order valence-electron chi connectivity index (χ4n) is 2.83. The molecule has 2 unspecified atom stereocenters. The third-order valence-corrected chi connectivity index (χ3v) is 4.02. The second-order valence-corrected chi connectivity index (χ2v) is 5.42. The highest BCUT2D eigenvalue weighted by molar-refractivity contribution is 5.19. The number of nitriles is 1. The normalized spacial score (nSPS) is 25.3. The summed E-state index contributed by atoms with van der Waals surface area (Å²) in [5.41, 5.74) is 1.07. The van der Waals surface area contributed by atoms with Crippen molar-refractivity contribution in [3.05, 3.63) is 35.6 Å². The minimum atomic E-state index is -0.208. The average Bonchev–Trinajstić information content (AvgIpc) is 2.64. The predicted octanol–water partition coefficient (Wildman–Crippen LogP) is 3.95. The van der Waals surface area contributed by atoms with E-state index >= 15 is 0 Å². The smallest absolute Gasteiger partial charge is 0.123 e. The van der Waals surface area contributed by atoms with Gasteiger partial charge >= 0.3 is 0 Å². The number of hydrogen-bond acceptors (Lipinski definition) is 2. The third kappa shape index (κ3) is 3.78. The summed E-state index contributed by atoms with van der Waals surface area (Å²) >= 11 is 0. The largest absolute Gasteiger partial charge is 0.306 e. The summed E-state index contributed by atoms with van der Waals surface area (Å²) in [6.45, 7) is 2.08. The Balaban J connectivity index is 2.02. The molecular weight excluding hydrogens is 239 g/mol. The van der Waals surface area contributed by atoms with Gasteiger partial charge in [0.25, 0.3) is 0 Å². The minimum Gasteiger partial charge on any atom is -0.306 e. The maximum absolute atomic E-state index is 12.9. The molecule has 1 fully saturated rings. The van der Waals surface area contributed by atoms with Crippen molar-refractivity contribution in [3.8, 4) is 6.07 Å². The topological polar surface area (TPSA) is 35.8 Å². The van der Waals surface area contributed by atoms with Crippen molar-refractivity contribution < 1.29 is 4.39 Å². The molecule has 0 aromatic heterocycles. The van der Waals surface area contributed by atoms with Crippen LogP contribution in [0.5, 0.6) is 0 Å². The van der Waals surface area contributed by atoms with Crippen LogP contribution < -0.4 is 5.32 Å². The maximum Gasteiger partial charge on any atom is 0.123 e. The quantitative estimate of drug-likeness (QED) is 0.835. The van der Waals surface area contributed by atoms with Crippen LogP contribution in [-0.2, 0) is 0 Å². The van der Waals surface area contributed by atoms with Gasteiger partial charge in [-0.15, -0.1) is 0 Å². The third-order valence-electron chi connectivity index (χ3n) is 4.02. The van der Waals surface area contributed by atoms with Gasteiger partial charge in [0.1, 0.15) is 5.82 Å². The molecule has 0 bridgehead atoms. The van der Waals surface area contributed by atoms with Crippen LogP contribution in [0.2, 0.25) is 0 Å². The zero-order chi connectivity index (χ0) is 13.7. The molecule has 0 heterocycles. The molecule has 0 radical (unpaired) electrons. The SMILES string of the molecule is C[C@@H](NC1CCCCCC1C#N)c1ccc(F)cc1. The van der Waals surface area contributed by atoms with E-state index in [9.17, 15) is 9.65 Å². The Morgan fingerprint density at radius 2 is 1.89 bits per heavy atom. The van der Waals surface area contributed by atoms with Crippen LogP contribution in [0.25, 0.3) is 0 Å². The molecule has 1 aliphatic rings. The molecule has 1 aromatic rings. The summed E-state index contributed by atoms with van der Waals surface area (Å²) in [5.74, 6) is -0.106. The average molecular weight is 260 g/mol. The van der Waals surface area contributed by atoms with Crippen molar-refractivity contribution >= 4 is 0 Å². The molecule has 19 heavy (non-hydrogen) atoms. The van der Waals surface area contributed by atoms with Gasteiger partial charge in [-0.25, -0.2) is 4.39 Å². The van der Waals surface area contributed by atoms with Crippen molar-refractivity contribution in [1.82, 2.24) is 5.32 Å². The Morgan fingerprint density at radius 1 is 1.21 bits per heavy atom. The first-order valence-corrected chi connectivity index (χ1v) is 7.12. The fourth-order valence-corrected chi connectivity index (χ4v) is 2.83. The number of halogens is 1. The first-order chi connectivity index (χ1) is 9.20. The van der Waals surface area contributed by atoms with Gasteiger partial charge in [0.15, 0.2) is 0 Å². The van der Waals surface area contributed by atoms with Crippen LogP contribution in [0.15, 0.2) is 24.3 Å². The monoisotopic (exact) mass is 260 g/mol. The van der Waals surface area contributed by atoms with E-state index in [-0.39, 0.29) is 23.8 Å². The Bertz CT molecular complexity index is 435. The zero-order valence-electron chi connectivity index (χ0n) is 11.4. The lowest BCUT2D eigenvalue weighted by Crippen LogP contribution is -2.36. The Hall–Kier alpha value is -1.40. The highest BCUT2D eigenvalue weighted by Crippen LogP contribution is 2.25. The number of hydrogen-bond donors (Lipinski definition) is 1. The van der Waals surface area contributed by atoms with Gasteiger partial charge in [-0.05, 0) is 37.5 Å². The van der Waals surface area contributed by atoms with Crippen molar-refractivity contribution in [1.29, 1.82) is 5.26 Å². The van der Waals surface area contributed by atoms with Crippen molar-refractivity contribution in [2.24, 2.45) is 5.92 Å². The summed E-state index contributed by atoms with van der Waals surface area (Å²) < 4.78 is 12.9. The molecule has 2 rings (SSSR count). The number of rotatable bonds is 3. The lowest BCUT2D eigenvalue weighted by Gasteiger charge is -2.25. The first-order valence-electron chi connectivity index (χ1n) is 7.12. The highest BCUT2D eigenvalue weighted by atomic mass is 19.1. The molecule has 1 aliphatic carbocycles. The van der Waals surface area contributed by atoms with E-state index in [1.54, 1.807) is 0 Å². The van der Waals surface area contributed by atoms with Gasteiger partial charge < -0.3 is 5.32 Å². The fraction of sp³-hybridized carbons (Fsp3) is 0.562. The number of nitrogens with one attached hydrogen (secondary N) is 1. The van der Waals surface area contributed by atoms with Gasteiger partial charge in [-0.3, -0.25) is 0 Å². The lowest BCUT2D eigenvalue weighted by atomic mass is 9.94. The summed E-state index contributed by atoms with van der Waals surface area (Å²) in [5, 5.41) is 12.8. The Morgan fingerprint density at radius 3 is 2.58 bits per heavy atom. The minimum absolute atomic E-state index is 0.102. The van der Waals surface area contributed by atoms with E-state index in [2.05, 4.69) is 18.3 Å². The molecule has 102 valence electrons. The molecule has 1 aromatic carbocycles. The van der Waals surface area contributed by atoms with Gasteiger partial charge in [0.05, 0.1) is 12.0 Å². The highest BCUT2D eigenvalue weighted by Gasteiger charge is 2.24. The van der Waals surface area contributed by atoms with Crippen LogP contribution in [0.1, 0.15) is 50.6 Å². The Kier molecular flexibility index (Phi) is 4.93. The molecule has 0 spiro atoms. The van der Waals surface area contributed by atoms with Crippen molar-refractivity contribution in [3.63, 3.8) is 0 Å². The number of nitrogens with zero attached hydrogens (tertiary/aromatic N) is 1. The summed E-state index contributed by atoms with van der Waals surface area (Å²) in [6, 6.07) is 9.44. The van der Waals surface area contributed by atoms with Crippen LogP contribution in [0.3, 0.4) is 0 Å². The van der Waals surface area contributed by atoms with Gasteiger partial charge in [-0.1, -0.05) is 31.4 Å². The molecule has 3 heteroatoms. The zero-order valence-corrected chi connectivity index (χ0v) is 11.4. The standard InChI is InChI=1S/C16H21FN2/c1-12(13-7-9-15(17)10-8-13)19-16-6-4-2-3-5-14(16)11-18/h7-10,12,14,16,19H,2-6H2,1H3/t12-,14?,16?/m1/s1. The second-order valence-electron chi connectivity index (χ2n) is 5.42. The summed E-state index contributed by atoms with van der Waals surface area (Å²) in [6.07, 6.45) is 5.61. The number of benzene rings is 1. The summed E-state index contributed by atoms with van der Waals surface area (Å²) in [7, 11) is 0. The van der Waals surface area contributed by atoms with E-state index in [0.717, 1.165) is 24.8 Å². The molecule has 1 N–H and O–H groups in total. The van der Waals surface area contributed by atoms with Gasteiger partial charge in [-0.2, -0.15) is 5.26 Å². The van der Waals surface area contributed by atoms with Gasteiger partial charge in [0, 0.05) is 12.1 Å². The van der Waals surface area contributed by atoms with Crippen LogP contribution in [0.4, 0.5) is 4.39 Å². The van der Waals surface area contributed by atoms with Crippen LogP contribution in [-0.4, -0.2) is 6.04 Å². The molecular formula is C16H21FN2. The molecule has 2 nitrogen and oxygen atoms in total. The summed E-state index contributed by atoms with van der Waals surface area (Å²) in [4.78, 5) is 0. The lowest BCUT2D eigenvalue weighted by molar-refractivity contribution is 0.361. The van der Waals surface area contributed by atoms with Crippen molar-refractivity contribution in [2.75, 3.05) is 0 Å². The van der Waals surface area contributed by atoms with E-state index in [0.29, 0.717) is 0 Å². The molecule has 1 saturated carbocycles.